The van der Waals surface area contributed by atoms with Crippen LogP contribution in [0.25, 0.3) is 0 Å². The standard InChI is InChI=1S/C53H102O12S/c1-3-5-7-9-11-13-15-17-19-21-23-24-26-28-30-32-34-36-38-40-42-49(55)64-46(44-63-53-52(58)51(57)50(56)47(65-53)45-66(59,60)61)43-62-48(54)41-39-37-35-33-31-29-27-25-22-20-18-16-14-12-10-8-6-4-2/h46-47,50-53,56-58H,3-45H2,1-2H3,(H,59,60,61). The van der Waals surface area contributed by atoms with Crippen LogP contribution in [0.4, 0.5) is 0 Å². The summed E-state index contributed by atoms with van der Waals surface area (Å²) in [6.07, 6.45) is 38.6. The number of hydrogen-bond acceptors (Lipinski definition) is 11. The quantitative estimate of drug-likeness (QED) is 0.0257. The Bertz CT molecular complexity index is 1220. The van der Waals surface area contributed by atoms with Gasteiger partial charge < -0.3 is 34.3 Å². The lowest BCUT2D eigenvalue weighted by molar-refractivity contribution is -0.297. The van der Waals surface area contributed by atoms with Crippen molar-refractivity contribution in [2.75, 3.05) is 19.0 Å². The Kier molecular flexibility index (Phi) is 41.4. The van der Waals surface area contributed by atoms with Crippen molar-refractivity contribution in [2.24, 2.45) is 0 Å². The molecular formula is C53H102O12S. The molecule has 1 heterocycles. The number of hydrogen-bond donors (Lipinski definition) is 4. The number of aliphatic hydroxyl groups excluding tert-OH is 3. The van der Waals surface area contributed by atoms with Gasteiger partial charge in [-0.2, -0.15) is 8.42 Å². The van der Waals surface area contributed by atoms with Gasteiger partial charge in [0.05, 0.1) is 6.61 Å². The molecule has 1 aliphatic rings. The second-order valence-electron chi connectivity index (χ2n) is 19.6. The lowest BCUT2D eigenvalue weighted by atomic mass is 10.00. The van der Waals surface area contributed by atoms with Crippen molar-refractivity contribution in [2.45, 2.75) is 307 Å². The van der Waals surface area contributed by atoms with Gasteiger partial charge in [-0.05, 0) is 12.8 Å². The molecule has 0 amide bonds. The summed E-state index contributed by atoms with van der Waals surface area (Å²) in [7, 11) is -4.60. The average Bonchev–Trinajstić information content (AvgIpc) is 3.28. The second-order valence-corrected chi connectivity index (χ2v) is 21.1. The molecule has 13 heteroatoms. The molecule has 0 saturated carbocycles. The maximum atomic E-state index is 12.9. The highest BCUT2D eigenvalue weighted by Crippen LogP contribution is 2.24. The first-order valence-electron chi connectivity index (χ1n) is 27.6. The lowest BCUT2D eigenvalue weighted by Crippen LogP contribution is -2.60. The molecule has 0 aliphatic carbocycles. The lowest BCUT2D eigenvalue weighted by Gasteiger charge is -2.40. The monoisotopic (exact) mass is 963 g/mol. The number of carbonyl (C=O) groups is 2. The normalized spacial score (nSPS) is 19.3. The summed E-state index contributed by atoms with van der Waals surface area (Å²) in [6.45, 7) is 3.83. The van der Waals surface area contributed by atoms with Crippen LogP contribution in [-0.4, -0.2) is 96.0 Å². The van der Waals surface area contributed by atoms with Crippen molar-refractivity contribution >= 4 is 22.1 Å². The van der Waals surface area contributed by atoms with E-state index >= 15 is 0 Å². The predicted molar refractivity (Wildman–Crippen MR) is 266 cm³/mol. The predicted octanol–water partition coefficient (Wildman–Crippen LogP) is 12.8. The van der Waals surface area contributed by atoms with Crippen LogP contribution >= 0.6 is 0 Å². The highest BCUT2D eigenvalue weighted by Gasteiger charge is 2.46. The van der Waals surface area contributed by atoms with Gasteiger partial charge in [-0.1, -0.05) is 245 Å². The number of rotatable bonds is 48. The molecule has 1 saturated heterocycles. The SMILES string of the molecule is CCCCCCCCCCCCCCCCCCCCCCC(=O)OC(COC(=O)CCCCCCCCCCCCCCCCCCCC)COC1OC(CS(=O)(=O)O)C(O)C(O)C1O. The smallest absolute Gasteiger partial charge is 0.306 e. The van der Waals surface area contributed by atoms with Gasteiger partial charge in [-0.15, -0.1) is 0 Å². The molecule has 12 nitrogen and oxygen atoms in total. The van der Waals surface area contributed by atoms with Crippen LogP contribution in [0.5, 0.6) is 0 Å². The zero-order valence-electron chi connectivity index (χ0n) is 42.3. The van der Waals surface area contributed by atoms with Gasteiger partial charge in [0, 0.05) is 12.8 Å². The Morgan fingerprint density at radius 2 is 0.773 bits per heavy atom. The van der Waals surface area contributed by atoms with Crippen molar-refractivity contribution < 1.29 is 56.8 Å². The Morgan fingerprint density at radius 3 is 1.11 bits per heavy atom. The summed E-state index contributed by atoms with van der Waals surface area (Å²) in [5.74, 6) is -1.95. The van der Waals surface area contributed by atoms with Gasteiger partial charge in [0.15, 0.2) is 12.4 Å². The molecule has 66 heavy (non-hydrogen) atoms. The maximum absolute atomic E-state index is 12.9. The molecule has 0 radical (unpaired) electrons. The van der Waals surface area contributed by atoms with Gasteiger partial charge in [0.25, 0.3) is 10.1 Å². The minimum Gasteiger partial charge on any atom is -0.462 e. The van der Waals surface area contributed by atoms with Crippen LogP contribution in [-0.2, 0) is 38.7 Å². The fourth-order valence-electron chi connectivity index (χ4n) is 8.92. The molecule has 0 spiro atoms. The third-order valence-corrected chi connectivity index (χ3v) is 13.9. The molecule has 0 aromatic rings. The first-order valence-corrected chi connectivity index (χ1v) is 29.2. The third kappa shape index (κ3) is 37.5. The van der Waals surface area contributed by atoms with E-state index in [4.69, 9.17) is 18.9 Å². The molecule has 0 bridgehead atoms. The number of unbranched alkanes of at least 4 members (excludes halogenated alkanes) is 36. The zero-order chi connectivity index (χ0) is 48.4. The number of carbonyl (C=O) groups excluding carboxylic acids is 2. The molecule has 1 aliphatic heterocycles. The Hall–Kier alpha value is -1.35. The second kappa shape index (κ2) is 43.7. The number of esters is 2. The fourth-order valence-corrected chi connectivity index (χ4v) is 9.61. The highest BCUT2D eigenvalue weighted by atomic mass is 32.2. The first-order chi connectivity index (χ1) is 32.0. The summed E-state index contributed by atoms with van der Waals surface area (Å²) >= 11 is 0. The molecule has 6 unspecified atom stereocenters. The van der Waals surface area contributed by atoms with Crippen LogP contribution < -0.4 is 0 Å². The van der Waals surface area contributed by atoms with Crippen LogP contribution in [0.3, 0.4) is 0 Å². The summed E-state index contributed by atoms with van der Waals surface area (Å²) in [5.41, 5.74) is 0. The van der Waals surface area contributed by atoms with E-state index in [9.17, 15) is 37.9 Å². The van der Waals surface area contributed by atoms with E-state index in [1.807, 2.05) is 0 Å². The Balaban J connectivity index is 2.32. The van der Waals surface area contributed by atoms with Crippen molar-refractivity contribution in [1.82, 2.24) is 0 Å². The van der Waals surface area contributed by atoms with E-state index in [-0.39, 0.29) is 19.4 Å². The van der Waals surface area contributed by atoms with E-state index in [1.165, 1.54) is 193 Å². The summed E-state index contributed by atoms with van der Waals surface area (Å²) in [5, 5.41) is 31.0. The number of aliphatic hydroxyl groups is 3. The average molecular weight is 963 g/mol. The van der Waals surface area contributed by atoms with Crippen molar-refractivity contribution in [3.63, 3.8) is 0 Å². The minimum atomic E-state index is -4.60. The molecule has 0 aromatic heterocycles. The summed E-state index contributed by atoms with van der Waals surface area (Å²) < 4.78 is 54.3. The largest absolute Gasteiger partial charge is 0.462 e. The van der Waals surface area contributed by atoms with E-state index in [1.54, 1.807) is 0 Å². The zero-order valence-corrected chi connectivity index (χ0v) is 43.1. The van der Waals surface area contributed by atoms with Crippen LogP contribution in [0, 0.1) is 0 Å². The van der Waals surface area contributed by atoms with Gasteiger partial charge in [-0.25, -0.2) is 0 Å². The van der Waals surface area contributed by atoms with Crippen LogP contribution in [0.2, 0.25) is 0 Å². The van der Waals surface area contributed by atoms with Gasteiger partial charge in [0.2, 0.25) is 0 Å². The Labute approximate surface area is 403 Å². The number of ether oxygens (including phenoxy) is 4. The first kappa shape index (κ1) is 62.7. The highest BCUT2D eigenvalue weighted by molar-refractivity contribution is 7.85. The minimum absolute atomic E-state index is 0.173. The Morgan fingerprint density at radius 1 is 0.455 bits per heavy atom. The van der Waals surface area contributed by atoms with E-state index < -0.39 is 71.2 Å². The van der Waals surface area contributed by atoms with E-state index in [0.29, 0.717) is 12.8 Å². The van der Waals surface area contributed by atoms with E-state index in [2.05, 4.69) is 13.8 Å². The fraction of sp³-hybridized carbons (Fsp3) is 0.962. The molecule has 392 valence electrons. The topological polar surface area (TPSA) is 186 Å². The van der Waals surface area contributed by atoms with Gasteiger partial charge >= 0.3 is 11.9 Å². The van der Waals surface area contributed by atoms with Crippen molar-refractivity contribution in [1.29, 1.82) is 0 Å². The van der Waals surface area contributed by atoms with Crippen molar-refractivity contribution in [3.8, 4) is 0 Å². The van der Waals surface area contributed by atoms with Gasteiger partial charge in [0.1, 0.15) is 36.8 Å². The molecule has 1 fully saturated rings. The summed E-state index contributed by atoms with van der Waals surface area (Å²) in [4.78, 5) is 25.6. The third-order valence-electron chi connectivity index (χ3n) is 13.2. The molecule has 1 rings (SSSR count). The van der Waals surface area contributed by atoms with E-state index in [0.717, 1.165) is 38.5 Å². The molecule has 0 aromatic carbocycles. The van der Waals surface area contributed by atoms with Crippen LogP contribution in [0.15, 0.2) is 0 Å². The molecular weight excluding hydrogens is 861 g/mol. The van der Waals surface area contributed by atoms with Crippen molar-refractivity contribution in [3.05, 3.63) is 0 Å². The van der Waals surface area contributed by atoms with Crippen LogP contribution in [0.1, 0.15) is 271 Å². The maximum Gasteiger partial charge on any atom is 0.306 e. The summed E-state index contributed by atoms with van der Waals surface area (Å²) in [6, 6.07) is 0. The molecule has 6 atom stereocenters. The van der Waals surface area contributed by atoms with Gasteiger partial charge in [-0.3, -0.25) is 14.1 Å². The molecule has 4 N–H and O–H groups in total.